The Morgan fingerprint density at radius 1 is 0.889 bits per heavy atom. The number of ether oxygens (including phenoxy) is 3. The van der Waals surface area contributed by atoms with Gasteiger partial charge in [0.05, 0.1) is 19.9 Å². The molecule has 1 aromatic heterocycles. The second kappa shape index (κ2) is 11.2. The number of hydrogen-bond donors (Lipinski definition) is 0. The Balaban J connectivity index is 1.58. The molecule has 36 heavy (non-hydrogen) atoms. The summed E-state index contributed by atoms with van der Waals surface area (Å²) >= 11 is 0. The summed E-state index contributed by atoms with van der Waals surface area (Å²) in [6, 6.07) is 24.3. The van der Waals surface area contributed by atoms with E-state index in [0.29, 0.717) is 29.2 Å². The first-order valence-electron chi connectivity index (χ1n) is 11.3. The molecule has 0 radical (unpaired) electrons. The van der Waals surface area contributed by atoms with Crippen LogP contribution in [-0.2, 0) is 16.1 Å². The van der Waals surface area contributed by atoms with Crippen molar-refractivity contribution in [3.05, 3.63) is 96.3 Å². The lowest BCUT2D eigenvalue weighted by Gasteiger charge is -2.17. The van der Waals surface area contributed by atoms with Crippen LogP contribution < -0.4 is 9.47 Å². The minimum atomic E-state index is -0.698. The van der Waals surface area contributed by atoms with Crippen molar-refractivity contribution in [2.24, 2.45) is 0 Å². The van der Waals surface area contributed by atoms with Crippen molar-refractivity contribution in [2.45, 2.75) is 6.54 Å². The molecule has 0 bridgehead atoms. The molecule has 0 atom stereocenters. The molecule has 0 fully saturated rings. The highest BCUT2D eigenvalue weighted by Gasteiger charge is 2.23. The lowest BCUT2D eigenvalue weighted by molar-refractivity contribution is -0.133. The van der Waals surface area contributed by atoms with Crippen LogP contribution in [0.4, 0.5) is 0 Å². The molecule has 0 saturated carbocycles. The number of likely N-dealkylation sites (N-methyl/N-ethyl adjacent to an activating group) is 1. The first-order chi connectivity index (χ1) is 17.5. The zero-order valence-corrected chi connectivity index (χ0v) is 20.4. The van der Waals surface area contributed by atoms with Gasteiger partial charge in [-0.2, -0.15) is 5.10 Å². The third-order valence-corrected chi connectivity index (χ3v) is 5.64. The van der Waals surface area contributed by atoms with Crippen molar-refractivity contribution in [2.75, 3.05) is 27.9 Å². The second-order valence-electron chi connectivity index (χ2n) is 8.05. The molecular weight excluding hydrogens is 458 g/mol. The third-order valence-electron chi connectivity index (χ3n) is 5.64. The van der Waals surface area contributed by atoms with Gasteiger partial charge in [-0.25, -0.2) is 9.48 Å². The zero-order chi connectivity index (χ0) is 25.5. The summed E-state index contributed by atoms with van der Waals surface area (Å²) in [6.45, 7) is 0.0164. The average molecular weight is 486 g/mol. The Morgan fingerprint density at radius 2 is 1.56 bits per heavy atom. The summed E-state index contributed by atoms with van der Waals surface area (Å²) in [5, 5.41) is 4.49. The standard InChI is InChI=1S/C28H27N3O5/c1-30(17-20-10-6-4-7-11-20)26(32)19-36-28(33)27-23(18-31(29-27)22-12-8-5-9-13-22)21-14-15-24(34-2)25(16-21)35-3/h4-16,18H,17,19H2,1-3H3. The summed E-state index contributed by atoms with van der Waals surface area (Å²) in [6.07, 6.45) is 1.75. The maximum absolute atomic E-state index is 13.1. The van der Waals surface area contributed by atoms with Gasteiger partial charge in [-0.15, -0.1) is 0 Å². The summed E-state index contributed by atoms with van der Waals surface area (Å²) in [5.74, 6) is 0.0608. The van der Waals surface area contributed by atoms with Gasteiger partial charge in [0.15, 0.2) is 23.8 Å². The number of para-hydroxylation sites is 1. The molecule has 1 heterocycles. The highest BCUT2D eigenvalue weighted by atomic mass is 16.5. The Kier molecular flexibility index (Phi) is 7.65. The molecule has 0 aliphatic heterocycles. The smallest absolute Gasteiger partial charge is 0.360 e. The SMILES string of the molecule is COc1ccc(-c2cn(-c3ccccc3)nc2C(=O)OCC(=O)N(C)Cc2ccccc2)cc1OC. The number of methoxy groups -OCH3 is 2. The van der Waals surface area contributed by atoms with Crippen LogP contribution in [0.15, 0.2) is 85.1 Å². The van der Waals surface area contributed by atoms with Gasteiger partial charge < -0.3 is 19.1 Å². The number of rotatable bonds is 9. The van der Waals surface area contributed by atoms with Gasteiger partial charge in [0, 0.05) is 25.4 Å². The fraction of sp³-hybridized carbons (Fsp3) is 0.179. The molecule has 0 saturated heterocycles. The molecule has 184 valence electrons. The largest absolute Gasteiger partial charge is 0.493 e. The summed E-state index contributed by atoms with van der Waals surface area (Å²) in [4.78, 5) is 27.2. The molecule has 0 spiro atoms. The van der Waals surface area contributed by atoms with E-state index in [-0.39, 0.29) is 11.6 Å². The second-order valence-corrected chi connectivity index (χ2v) is 8.05. The normalized spacial score (nSPS) is 10.5. The minimum Gasteiger partial charge on any atom is -0.493 e. The van der Waals surface area contributed by atoms with Crippen molar-refractivity contribution in [3.8, 4) is 28.3 Å². The molecule has 8 heteroatoms. The highest BCUT2D eigenvalue weighted by Crippen LogP contribution is 2.34. The Hall–Kier alpha value is -4.59. The lowest BCUT2D eigenvalue weighted by Crippen LogP contribution is -2.31. The van der Waals surface area contributed by atoms with E-state index in [9.17, 15) is 9.59 Å². The average Bonchev–Trinajstić information content (AvgIpc) is 3.38. The van der Waals surface area contributed by atoms with Crippen LogP contribution in [0.25, 0.3) is 16.8 Å². The van der Waals surface area contributed by atoms with Gasteiger partial charge in [-0.05, 0) is 35.4 Å². The molecule has 4 aromatic rings. The fourth-order valence-electron chi connectivity index (χ4n) is 3.70. The van der Waals surface area contributed by atoms with Crippen LogP contribution in [-0.4, -0.2) is 54.4 Å². The molecule has 3 aromatic carbocycles. The predicted molar refractivity (Wildman–Crippen MR) is 135 cm³/mol. The molecule has 4 rings (SSSR count). The van der Waals surface area contributed by atoms with E-state index < -0.39 is 12.6 Å². The minimum absolute atomic E-state index is 0.0876. The Labute approximate surface area is 209 Å². The van der Waals surface area contributed by atoms with Crippen LogP contribution >= 0.6 is 0 Å². The van der Waals surface area contributed by atoms with E-state index in [2.05, 4.69) is 5.10 Å². The number of carbonyl (C=O) groups excluding carboxylic acids is 2. The van der Waals surface area contributed by atoms with Crippen molar-refractivity contribution < 1.29 is 23.8 Å². The molecule has 0 unspecified atom stereocenters. The first kappa shape index (κ1) is 24.5. The molecule has 0 aliphatic rings. The van der Waals surface area contributed by atoms with Crippen molar-refractivity contribution in [3.63, 3.8) is 0 Å². The molecule has 8 nitrogen and oxygen atoms in total. The van der Waals surface area contributed by atoms with Crippen LogP contribution in [0.2, 0.25) is 0 Å². The molecule has 1 amide bonds. The van der Waals surface area contributed by atoms with Crippen LogP contribution in [0.1, 0.15) is 16.1 Å². The zero-order valence-electron chi connectivity index (χ0n) is 20.4. The van der Waals surface area contributed by atoms with Gasteiger partial charge in [-0.1, -0.05) is 54.6 Å². The summed E-state index contributed by atoms with van der Waals surface area (Å²) in [5.41, 5.74) is 3.07. The van der Waals surface area contributed by atoms with E-state index in [4.69, 9.17) is 14.2 Å². The van der Waals surface area contributed by atoms with E-state index in [0.717, 1.165) is 11.3 Å². The monoisotopic (exact) mass is 485 g/mol. The number of carbonyl (C=O) groups is 2. The van der Waals surface area contributed by atoms with Crippen molar-refractivity contribution in [1.82, 2.24) is 14.7 Å². The number of amides is 1. The molecule has 0 aliphatic carbocycles. The van der Waals surface area contributed by atoms with E-state index in [1.54, 1.807) is 44.3 Å². The summed E-state index contributed by atoms with van der Waals surface area (Å²) < 4.78 is 17.8. The van der Waals surface area contributed by atoms with E-state index in [1.165, 1.54) is 4.90 Å². The summed E-state index contributed by atoms with van der Waals surface area (Å²) in [7, 11) is 4.77. The topological polar surface area (TPSA) is 82.9 Å². The van der Waals surface area contributed by atoms with Gasteiger partial charge in [0.25, 0.3) is 5.91 Å². The fourth-order valence-corrected chi connectivity index (χ4v) is 3.70. The Morgan fingerprint density at radius 3 is 2.22 bits per heavy atom. The highest BCUT2D eigenvalue weighted by molar-refractivity contribution is 5.96. The quantitative estimate of drug-likeness (QED) is 0.328. The van der Waals surface area contributed by atoms with Crippen LogP contribution in [0, 0.1) is 0 Å². The van der Waals surface area contributed by atoms with Gasteiger partial charge >= 0.3 is 5.97 Å². The maximum Gasteiger partial charge on any atom is 0.360 e. The van der Waals surface area contributed by atoms with Crippen LogP contribution in [0.5, 0.6) is 11.5 Å². The maximum atomic E-state index is 13.1. The van der Waals surface area contributed by atoms with Gasteiger partial charge in [-0.3, -0.25) is 4.79 Å². The van der Waals surface area contributed by atoms with Crippen molar-refractivity contribution in [1.29, 1.82) is 0 Å². The van der Waals surface area contributed by atoms with Crippen molar-refractivity contribution >= 4 is 11.9 Å². The number of esters is 1. The number of aromatic nitrogens is 2. The van der Waals surface area contributed by atoms with E-state index in [1.807, 2.05) is 66.7 Å². The number of benzene rings is 3. The van der Waals surface area contributed by atoms with Gasteiger partial charge in [0.1, 0.15) is 0 Å². The predicted octanol–water partition coefficient (Wildman–Crippen LogP) is 4.37. The third kappa shape index (κ3) is 5.55. The number of hydrogen-bond acceptors (Lipinski definition) is 6. The molecule has 0 N–H and O–H groups in total. The number of nitrogens with zero attached hydrogens (tertiary/aromatic N) is 3. The van der Waals surface area contributed by atoms with Crippen LogP contribution in [0.3, 0.4) is 0 Å². The first-order valence-corrected chi connectivity index (χ1v) is 11.3. The van der Waals surface area contributed by atoms with E-state index >= 15 is 0 Å². The lowest BCUT2D eigenvalue weighted by atomic mass is 10.1. The van der Waals surface area contributed by atoms with Gasteiger partial charge in [0.2, 0.25) is 0 Å². The Bertz CT molecular complexity index is 1340. The molecular formula is C28H27N3O5.